The predicted octanol–water partition coefficient (Wildman–Crippen LogP) is 1.11. The van der Waals surface area contributed by atoms with Crippen molar-refractivity contribution in [3.05, 3.63) is 30.3 Å². The summed E-state index contributed by atoms with van der Waals surface area (Å²) in [5, 5.41) is 17.5. The monoisotopic (exact) mass is 214 g/mol. The number of aliphatic hydroxyl groups excluding tert-OH is 2. The van der Waals surface area contributed by atoms with Crippen LogP contribution in [0.1, 0.15) is 0 Å². The predicted molar refractivity (Wildman–Crippen MR) is 56.2 cm³/mol. The van der Waals surface area contributed by atoms with Gasteiger partial charge in [-0.1, -0.05) is 30.0 Å². The number of hydrogen-bond acceptors (Lipinski definition) is 4. The minimum absolute atomic E-state index is 0.147. The van der Waals surface area contributed by atoms with Gasteiger partial charge in [-0.2, -0.15) is 0 Å². The summed E-state index contributed by atoms with van der Waals surface area (Å²) in [7, 11) is 0. The molecule has 0 aliphatic heterocycles. The molecule has 0 aliphatic rings. The number of hydrogen-bond donors (Lipinski definition) is 2. The Labute approximate surface area is 87.7 Å². The van der Waals surface area contributed by atoms with Crippen LogP contribution >= 0.6 is 11.8 Å². The van der Waals surface area contributed by atoms with Gasteiger partial charge in [0.15, 0.2) is 0 Å². The second kappa shape index (κ2) is 6.84. The van der Waals surface area contributed by atoms with E-state index in [1.165, 1.54) is 11.8 Å². The molecular formula is C10H14O3S. The maximum atomic E-state index is 8.73. The van der Waals surface area contributed by atoms with Crippen molar-refractivity contribution in [3.8, 4) is 0 Å². The summed E-state index contributed by atoms with van der Waals surface area (Å²) in [6, 6.07) is 9.84. The highest BCUT2D eigenvalue weighted by molar-refractivity contribution is 7.99. The molecule has 0 heterocycles. The molecule has 0 unspecified atom stereocenters. The van der Waals surface area contributed by atoms with Gasteiger partial charge in [-0.05, 0) is 12.1 Å². The number of aliphatic hydroxyl groups is 2. The van der Waals surface area contributed by atoms with Gasteiger partial charge in [0.2, 0.25) is 0 Å². The molecular weight excluding hydrogens is 200 g/mol. The van der Waals surface area contributed by atoms with Gasteiger partial charge in [-0.3, -0.25) is 0 Å². The van der Waals surface area contributed by atoms with Gasteiger partial charge in [0.25, 0.3) is 0 Å². The fraction of sp³-hybridized carbons (Fsp3) is 0.400. The molecule has 14 heavy (non-hydrogen) atoms. The fourth-order valence-corrected chi connectivity index (χ4v) is 1.62. The first-order valence-electron chi connectivity index (χ1n) is 4.38. The normalized spacial score (nSPS) is 10.8. The van der Waals surface area contributed by atoms with Crippen molar-refractivity contribution in [2.45, 2.75) is 11.0 Å². The fourth-order valence-electron chi connectivity index (χ4n) is 0.878. The van der Waals surface area contributed by atoms with E-state index in [0.29, 0.717) is 5.94 Å². The van der Waals surface area contributed by atoms with Gasteiger partial charge in [-0.15, -0.1) is 0 Å². The van der Waals surface area contributed by atoms with Crippen LogP contribution < -0.4 is 0 Å². The van der Waals surface area contributed by atoms with Crippen molar-refractivity contribution in [1.29, 1.82) is 0 Å². The zero-order valence-electron chi connectivity index (χ0n) is 7.80. The van der Waals surface area contributed by atoms with E-state index >= 15 is 0 Å². The lowest BCUT2D eigenvalue weighted by Crippen LogP contribution is -2.21. The lowest BCUT2D eigenvalue weighted by Gasteiger charge is -2.11. The second-order valence-electron chi connectivity index (χ2n) is 2.73. The Hall–Kier alpha value is -0.550. The minimum Gasteiger partial charge on any atom is -0.394 e. The second-order valence-corrected chi connectivity index (χ2v) is 3.72. The average molecular weight is 214 g/mol. The third-order valence-corrected chi connectivity index (χ3v) is 2.54. The molecule has 1 rings (SSSR count). The molecule has 0 saturated heterocycles. The Bertz CT molecular complexity index is 236. The third-order valence-electron chi connectivity index (χ3n) is 1.68. The van der Waals surface area contributed by atoms with E-state index in [4.69, 9.17) is 14.9 Å². The molecule has 0 radical (unpaired) electrons. The topological polar surface area (TPSA) is 49.7 Å². The minimum atomic E-state index is -0.466. The van der Waals surface area contributed by atoms with Gasteiger partial charge in [0, 0.05) is 4.90 Å². The molecule has 1 aromatic rings. The van der Waals surface area contributed by atoms with Gasteiger partial charge < -0.3 is 14.9 Å². The van der Waals surface area contributed by atoms with Crippen molar-refractivity contribution in [3.63, 3.8) is 0 Å². The van der Waals surface area contributed by atoms with Gasteiger partial charge >= 0.3 is 0 Å². The molecule has 0 aromatic heterocycles. The lowest BCUT2D eigenvalue weighted by molar-refractivity contribution is 0.00212. The van der Waals surface area contributed by atoms with Gasteiger partial charge in [0.1, 0.15) is 6.10 Å². The summed E-state index contributed by atoms with van der Waals surface area (Å²) >= 11 is 1.54. The molecule has 78 valence electrons. The number of benzene rings is 1. The molecule has 1 aromatic carbocycles. The molecule has 0 spiro atoms. The van der Waals surface area contributed by atoms with Crippen LogP contribution in [0, 0.1) is 0 Å². The highest BCUT2D eigenvalue weighted by atomic mass is 32.2. The van der Waals surface area contributed by atoms with Gasteiger partial charge in [-0.25, -0.2) is 0 Å². The zero-order valence-corrected chi connectivity index (χ0v) is 8.61. The van der Waals surface area contributed by atoms with Crippen LogP contribution in [-0.2, 0) is 4.74 Å². The summed E-state index contributed by atoms with van der Waals surface area (Å²) in [5.74, 6) is 0.440. The van der Waals surface area contributed by atoms with Crippen molar-refractivity contribution < 1.29 is 14.9 Å². The number of ether oxygens (including phenoxy) is 1. The Kier molecular flexibility index (Phi) is 5.63. The summed E-state index contributed by atoms with van der Waals surface area (Å²) in [5.41, 5.74) is 0. The van der Waals surface area contributed by atoms with E-state index in [9.17, 15) is 0 Å². The smallest absolute Gasteiger partial charge is 0.105 e. The number of thioether (sulfide) groups is 1. The van der Waals surface area contributed by atoms with Crippen molar-refractivity contribution in [1.82, 2.24) is 0 Å². The molecule has 0 saturated carbocycles. The molecule has 0 amide bonds. The summed E-state index contributed by atoms with van der Waals surface area (Å²) < 4.78 is 5.21. The molecule has 2 N–H and O–H groups in total. The third kappa shape index (κ3) is 4.11. The summed E-state index contributed by atoms with van der Waals surface area (Å²) in [4.78, 5) is 1.11. The summed E-state index contributed by atoms with van der Waals surface area (Å²) in [6.45, 7) is -0.294. The molecule has 0 fully saturated rings. The van der Waals surface area contributed by atoms with Gasteiger partial charge in [0.05, 0.1) is 19.2 Å². The molecule has 0 bridgehead atoms. The first-order valence-corrected chi connectivity index (χ1v) is 5.36. The van der Waals surface area contributed by atoms with Crippen molar-refractivity contribution in [2.24, 2.45) is 0 Å². The Balaban J connectivity index is 2.21. The maximum Gasteiger partial charge on any atom is 0.105 e. The average Bonchev–Trinajstić information content (AvgIpc) is 2.26. The van der Waals surface area contributed by atoms with E-state index in [-0.39, 0.29) is 13.2 Å². The molecule has 0 aliphatic carbocycles. The van der Waals surface area contributed by atoms with E-state index in [2.05, 4.69) is 0 Å². The maximum absolute atomic E-state index is 8.73. The summed E-state index contributed by atoms with van der Waals surface area (Å²) in [6.07, 6.45) is -0.466. The zero-order chi connectivity index (χ0) is 10.2. The number of rotatable bonds is 6. The SMILES string of the molecule is OCC(CO)OCSc1ccccc1. The Morgan fingerprint density at radius 2 is 1.79 bits per heavy atom. The van der Waals surface area contributed by atoms with Crippen LogP contribution in [0.3, 0.4) is 0 Å². The quantitative estimate of drug-likeness (QED) is 0.550. The van der Waals surface area contributed by atoms with Crippen LogP contribution in [-0.4, -0.2) is 35.5 Å². The lowest BCUT2D eigenvalue weighted by atomic mass is 10.4. The Morgan fingerprint density at radius 1 is 1.14 bits per heavy atom. The van der Waals surface area contributed by atoms with Crippen LogP contribution in [0.15, 0.2) is 35.2 Å². The van der Waals surface area contributed by atoms with Crippen LogP contribution in [0.2, 0.25) is 0 Å². The van der Waals surface area contributed by atoms with E-state index in [1.807, 2.05) is 30.3 Å². The molecule has 0 atom stereocenters. The van der Waals surface area contributed by atoms with E-state index in [1.54, 1.807) is 0 Å². The first-order chi connectivity index (χ1) is 6.86. The van der Waals surface area contributed by atoms with Crippen molar-refractivity contribution >= 4 is 11.8 Å². The highest BCUT2D eigenvalue weighted by Gasteiger charge is 2.04. The van der Waals surface area contributed by atoms with E-state index in [0.717, 1.165) is 4.90 Å². The highest BCUT2D eigenvalue weighted by Crippen LogP contribution is 2.17. The van der Waals surface area contributed by atoms with Crippen LogP contribution in [0.4, 0.5) is 0 Å². The first kappa shape index (κ1) is 11.5. The van der Waals surface area contributed by atoms with Crippen LogP contribution in [0.5, 0.6) is 0 Å². The van der Waals surface area contributed by atoms with E-state index < -0.39 is 6.10 Å². The standard InChI is InChI=1S/C10H14O3S/c11-6-9(7-12)13-8-14-10-4-2-1-3-5-10/h1-5,9,11-12H,6-8H2. The van der Waals surface area contributed by atoms with Crippen molar-refractivity contribution in [2.75, 3.05) is 19.2 Å². The molecule has 4 heteroatoms. The largest absolute Gasteiger partial charge is 0.394 e. The van der Waals surface area contributed by atoms with Crippen LogP contribution in [0.25, 0.3) is 0 Å². The molecule has 3 nitrogen and oxygen atoms in total. The Morgan fingerprint density at radius 3 is 2.36 bits per heavy atom.